The first-order chi connectivity index (χ1) is 12.0. The van der Waals surface area contributed by atoms with Crippen molar-refractivity contribution in [1.82, 2.24) is 10.1 Å². The van der Waals surface area contributed by atoms with Gasteiger partial charge in [-0.2, -0.15) is 4.98 Å². The Bertz CT molecular complexity index is 982. The van der Waals surface area contributed by atoms with Crippen molar-refractivity contribution in [3.63, 3.8) is 0 Å². The van der Waals surface area contributed by atoms with Gasteiger partial charge in [0.2, 0.25) is 5.82 Å². The molecule has 3 aromatic rings. The Morgan fingerprint density at radius 1 is 1.32 bits per heavy atom. The molecule has 0 saturated carbocycles. The van der Waals surface area contributed by atoms with Crippen LogP contribution in [0.4, 0.5) is 5.69 Å². The average molecular weight is 358 g/mol. The van der Waals surface area contributed by atoms with Crippen LogP contribution >= 0.6 is 11.6 Å². The molecule has 1 N–H and O–H groups in total. The van der Waals surface area contributed by atoms with E-state index in [0.717, 1.165) is 11.1 Å². The molecule has 2 aromatic carbocycles. The van der Waals surface area contributed by atoms with Crippen LogP contribution in [0.3, 0.4) is 0 Å². The Morgan fingerprint density at radius 2 is 2.08 bits per heavy atom. The van der Waals surface area contributed by atoms with E-state index >= 15 is 0 Å². The van der Waals surface area contributed by atoms with Gasteiger partial charge in [0.15, 0.2) is 5.75 Å². The summed E-state index contributed by atoms with van der Waals surface area (Å²) in [4.78, 5) is 14.4. The van der Waals surface area contributed by atoms with Gasteiger partial charge in [-0.1, -0.05) is 47.1 Å². The van der Waals surface area contributed by atoms with Gasteiger partial charge in [0.05, 0.1) is 4.92 Å². The molecule has 0 fully saturated rings. The van der Waals surface area contributed by atoms with E-state index in [0.29, 0.717) is 11.4 Å². The molecule has 0 atom stereocenters. The van der Waals surface area contributed by atoms with Crippen LogP contribution in [-0.4, -0.2) is 20.2 Å². The minimum absolute atomic E-state index is 0.0932. The summed E-state index contributed by atoms with van der Waals surface area (Å²) >= 11 is 6.19. The van der Waals surface area contributed by atoms with Crippen molar-refractivity contribution in [2.45, 2.75) is 6.92 Å². The highest BCUT2D eigenvalue weighted by molar-refractivity contribution is 6.50. The number of hydrogen-bond donors (Lipinski definition) is 1. The summed E-state index contributed by atoms with van der Waals surface area (Å²) in [6.07, 6.45) is 1.45. The van der Waals surface area contributed by atoms with Crippen LogP contribution in [0.2, 0.25) is 0 Å². The SMILES string of the molecule is Cc1ccccc1-c1noc(/C(Cl)=C/c2ccc(O)c([N+](=O)[O-])c2)n1. The number of nitro benzene ring substituents is 1. The third-order valence-electron chi connectivity index (χ3n) is 3.51. The van der Waals surface area contributed by atoms with E-state index in [4.69, 9.17) is 16.1 Å². The minimum atomic E-state index is -0.677. The molecule has 0 amide bonds. The molecular weight excluding hydrogens is 346 g/mol. The van der Waals surface area contributed by atoms with Crippen molar-refractivity contribution in [2.24, 2.45) is 0 Å². The lowest BCUT2D eigenvalue weighted by atomic mass is 10.1. The van der Waals surface area contributed by atoms with Crippen LogP contribution in [0.15, 0.2) is 47.0 Å². The van der Waals surface area contributed by atoms with Crippen LogP contribution in [-0.2, 0) is 0 Å². The standard InChI is InChI=1S/C17H12ClN3O4/c1-10-4-2-3-5-12(10)16-19-17(25-20-16)13(18)8-11-6-7-15(22)14(9-11)21(23)24/h2-9,22H,1H3/b13-8-. The smallest absolute Gasteiger partial charge is 0.311 e. The molecule has 8 heteroatoms. The summed E-state index contributed by atoms with van der Waals surface area (Å²) < 4.78 is 5.16. The first-order valence-corrected chi connectivity index (χ1v) is 7.58. The molecule has 25 heavy (non-hydrogen) atoms. The molecular formula is C17H12ClN3O4. The number of rotatable bonds is 4. The van der Waals surface area contributed by atoms with Crippen molar-refractivity contribution in [3.8, 4) is 17.1 Å². The maximum Gasteiger partial charge on any atom is 0.311 e. The van der Waals surface area contributed by atoms with Gasteiger partial charge < -0.3 is 9.63 Å². The molecule has 0 unspecified atom stereocenters. The monoisotopic (exact) mass is 357 g/mol. The normalized spacial score (nSPS) is 11.5. The Kier molecular flexibility index (Phi) is 4.49. The highest BCUT2D eigenvalue weighted by Crippen LogP contribution is 2.30. The number of nitro groups is 1. The number of nitrogens with zero attached hydrogens (tertiary/aromatic N) is 3. The minimum Gasteiger partial charge on any atom is -0.502 e. The molecule has 0 aliphatic carbocycles. The van der Waals surface area contributed by atoms with E-state index in [1.807, 2.05) is 31.2 Å². The zero-order valence-corrected chi connectivity index (χ0v) is 13.8. The van der Waals surface area contributed by atoms with Gasteiger partial charge in [-0.3, -0.25) is 10.1 Å². The molecule has 7 nitrogen and oxygen atoms in total. The maximum atomic E-state index is 10.9. The number of aromatic hydroxyl groups is 1. The Labute approximate surface area is 147 Å². The number of phenolic OH excluding ortho intramolecular Hbond substituents is 1. The second-order valence-electron chi connectivity index (χ2n) is 5.24. The number of hydrogen-bond acceptors (Lipinski definition) is 6. The lowest BCUT2D eigenvalue weighted by molar-refractivity contribution is -0.385. The lowest BCUT2D eigenvalue weighted by Gasteiger charge is -1.99. The zero-order valence-electron chi connectivity index (χ0n) is 13.0. The van der Waals surface area contributed by atoms with E-state index in [2.05, 4.69) is 10.1 Å². The maximum absolute atomic E-state index is 10.9. The summed E-state index contributed by atoms with van der Waals surface area (Å²) in [6, 6.07) is 11.5. The lowest BCUT2D eigenvalue weighted by Crippen LogP contribution is -1.89. The van der Waals surface area contributed by atoms with Gasteiger partial charge >= 0.3 is 5.69 Å². The largest absolute Gasteiger partial charge is 0.502 e. The molecule has 126 valence electrons. The fraction of sp³-hybridized carbons (Fsp3) is 0.0588. The quantitative estimate of drug-likeness (QED) is 0.548. The fourth-order valence-electron chi connectivity index (χ4n) is 2.24. The van der Waals surface area contributed by atoms with Crippen molar-refractivity contribution in [1.29, 1.82) is 0 Å². The number of aryl methyl sites for hydroxylation is 1. The van der Waals surface area contributed by atoms with E-state index in [1.165, 1.54) is 24.3 Å². The highest BCUT2D eigenvalue weighted by atomic mass is 35.5. The van der Waals surface area contributed by atoms with Crippen molar-refractivity contribution < 1.29 is 14.6 Å². The average Bonchev–Trinajstić information content (AvgIpc) is 3.06. The van der Waals surface area contributed by atoms with Crippen LogP contribution in [0.25, 0.3) is 22.5 Å². The second-order valence-corrected chi connectivity index (χ2v) is 5.64. The van der Waals surface area contributed by atoms with Crippen LogP contribution in [0.5, 0.6) is 5.75 Å². The summed E-state index contributed by atoms with van der Waals surface area (Å²) in [7, 11) is 0. The molecule has 0 bridgehead atoms. The Hall–Kier alpha value is -3.19. The molecule has 0 aliphatic heterocycles. The third-order valence-corrected chi connectivity index (χ3v) is 3.78. The van der Waals surface area contributed by atoms with E-state index in [9.17, 15) is 15.2 Å². The first-order valence-electron chi connectivity index (χ1n) is 7.20. The van der Waals surface area contributed by atoms with Gasteiger partial charge in [-0.05, 0) is 30.2 Å². The fourth-order valence-corrected chi connectivity index (χ4v) is 2.44. The Morgan fingerprint density at radius 3 is 2.80 bits per heavy atom. The highest BCUT2D eigenvalue weighted by Gasteiger charge is 2.15. The molecule has 0 saturated heterocycles. The van der Waals surface area contributed by atoms with Crippen LogP contribution in [0.1, 0.15) is 17.0 Å². The molecule has 0 spiro atoms. The third kappa shape index (κ3) is 3.51. The van der Waals surface area contributed by atoms with Gasteiger partial charge in [-0.25, -0.2) is 0 Å². The van der Waals surface area contributed by atoms with Crippen molar-refractivity contribution >= 4 is 28.4 Å². The first kappa shape index (κ1) is 16.7. The molecule has 3 rings (SSSR count). The molecule has 0 radical (unpaired) electrons. The number of aromatic nitrogens is 2. The van der Waals surface area contributed by atoms with Crippen LogP contribution < -0.4 is 0 Å². The summed E-state index contributed by atoms with van der Waals surface area (Å²) in [5, 5.41) is 24.4. The molecule has 1 heterocycles. The van der Waals surface area contributed by atoms with E-state index < -0.39 is 16.4 Å². The number of benzene rings is 2. The van der Waals surface area contributed by atoms with Crippen molar-refractivity contribution in [2.75, 3.05) is 0 Å². The summed E-state index contributed by atoms with van der Waals surface area (Å²) in [6.45, 7) is 1.93. The summed E-state index contributed by atoms with van der Waals surface area (Å²) in [5.41, 5.74) is 1.82. The zero-order chi connectivity index (χ0) is 18.0. The summed E-state index contributed by atoms with van der Waals surface area (Å²) in [5.74, 6) is 0.0740. The van der Waals surface area contributed by atoms with Gasteiger partial charge in [0.1, 0.15) is 5.03 Å². The van der Waals surface area contributed by atoms with E-state index in [-0.39, 0.29) is 10.9 Å². The predicted octanol–water partition coefficient (Wildman–Crippen LogP) is 4.40. The molecule has 1 aromatic heterocycles. The van der Waals surface area contributed by atoms with E-state index in [1.54, 1.807) is 0 Å². The van der Waals surface area contributed by atoms with Crippen LogP contribution in [0, 0.1) is 17.0 Å². The molecule has 0 aliphatic rings. The topological polar surface area (TPSA) is 102 Å². The van der Waals surface area contributed by atoms with Crippen molar-refractivity contribution in [3.05, 3.63) is 69.6 Å². The van der Waals surface area contributed by atoms with Gasteiger partial charge in [-0.15, -0.1) is 0 Å². The second kappa shape index (κ2) is 6.74. The Balaban J connectivity index is 1.93. The number of phenols is 1. The van der Waals surface area contributed by atoms with Gasteiger partial charge in [0, 0.05) is 11.6 Å². The van der Waals surface area contributed by atoms with Gasteiger partial charge in [0.25, 0.3) is 5.89 Å². The predicted molar refractivity (Wildman–Crippen MR) is 93.0 cm³/mol. The number of halogens is 1.